The van der Waals surface area contributed by atoms with E-state index in [0.29, 0.717) is 23.4 Å². The molecule has 1 saturated heterocycles. The predicted molar refractivity (Wildman–Crippen MR) is 98.4 cm³/mol. The number of benzene rings is 1. The van der Waals surface area contributed by atoms with Crippen molar-refractivity contribution in [3.8, 4) is 0 Å². The molecule has 1 aromatic rings. The van der Waals surface area contributed by atoms with E-state index in [1.165, 1.54) is 12.1 Å². The van der Waals surface area contributed by atoms with Crippen LogP contribution in [0.3, 0.4) is 0 Å². The maximum Gasteiger partial charge on any atom is 0.338 e. The van der Waals surface area contributed by atoms with Crippen molar-refractivity contribution >= 4 is 12.0 Å². The summed E-state index contributed by atoms with van der Waals surface area (Å²) in [6, 6.07) is 4.72. The minimum Gasteiger partial charge on any atom is -0.463 e. The van der Waals surface area contributed by atoms with Crippen LogP contribution in [0.25, 0.3) is 0 Å². The minimum atomic E-state index is -0.754. The van der Waals surface area contributed by atoms with Gasteiger partial charge in [0, 0.05) is 38.4 Å². The molecule has 1 unspecified atom stereocenters. The Morgan fingerprint density at radius 1 is 1.30 bits per heavy atom. The normalized spacial score (nSPS) is 21.6. The number of carbonyl (C=O) groups is 2. The highest BCUT2D eigenvalue weighted by Gasteiger charge is 2.34. The van der Waals surface area contributed by atoms with Crippen LogP contribution in [0.2, 0.25) is 0 Å². The van der Waals surface area contributed by atoms with Gasteiger partial charge < -0.3 is 20.3 Å². The molecular formula is C19H25FN4O3. The summed E-state index contributed by atoms with van der Waals surface area (Å²) < 4.78 is 19.0. The van der Waals surface area contributed by atoms with Crippen LogP contribution in [0.15, 0.2) is 35.5 Å². The molecule has 27 heavy (non-hydrogen) atoms. The molecular weight excluding hydrogens is 351 g/mol. The van der Waals surface area contributed by atoms with Gasteiger partial charge in [0.25, 0.3) is 0 Å². The van der Waals surface area contributed by atoms with E-state index in [4.69, 9.17) is 4.74 Å². The lowest BCUT2D eigenvalue weighted by Crippen LogP contribution is -2.51. The summed E-state index contributed by atoms with van der Waals surface area (Å²) in [4.78, 5) is 29.3. The fourth-order valence-corrected chi connectivity index (χ4v) is 3.36. The third-order valence-corrected chi connectivity index (χ3v) is 4.81. The van der Waals surface area contributed by atoms with Crippen molar-refractivity contribution in [1.29, 1.82) is 0 Å². The van der Waals surface area contributed by atoms with E-state index in [9.17, 15) is 14.0 Å². The van der Waals surface area contributed by atoms with Gasteiger partial charge in [0.15, 0.2) is 0 Å². The van der Waals surface area contributed by atoms with Gasteiger partial charge in [-0.15, -0.1) is 0 Å². The van der Waals surface area contributed by atoms with Crippen molar-refractivity contribution < 1.29 is 18.7 Å². The number of carbonyl (C=O) groups excluding carboxylic acids is 2. The molecule has 0 spiro atoms. The van der Waals surface area contributed by atoms with Gasteiger partial charge in [-0.3, -0.25) is 4.90 Å². The summed E-state index contributed by atoms with van der Waals surface area (Å²) in [5, 5.41) is 5.48. The minimum absolute atomic E-state index is 0.216. The molecule has 7 nitrogen and oxygen atoms in total. The highest BCUT2D eigenvalue weighted by Crippen LogP contribution is 2.28. The quantitative estimate of drug-likeness (QED) is 0.757. The SMILES string of the molecule is CCOC(=O)C1=C(CN2CCN(C)CC2)NC(=O)NC1c1cccc(F)c1. The number of hydrogen-bond acceptors (Lipinski definition) is 5. The number of ether oxygens (including phenoxy) is 1. The Balaban J connectivity index is 1.95. The second-order valence-corrected chi connectivity index (χ2v) is 6.78. The second kappa shape index (κ2) is 8.49. The molecule has 1 atom stereocenters. The van der Waals surface area contributed by atoms with Crippen LogP contribution in [-0.2, 0) is 9.53 Å². The van der Waals surface area contributed by atoms with E-state index in [1.807, 2.05) is 0 Å². The van der Waals surface area contributed by atoms with Crippen LogP contribution >= 0.6 is 0 Å². The van der Waals surface area contributed by atoms with Gasteiger partial charge in [0.2, 0.25) is 0 Å². The Bertz CT molecular complexity index is 744. The summed E-state index contributed by atoms with van der Waals surface area (Å²) >= 11 is 0. The Hall–Kier alpha value is -2.45. The van der Waals surface area contributed by atoms with Gasteiger partial charge in [0.1, 0.15) is 5.82 Å². The molecule has 2 heterocycles. The number of hydrogen-bond donors (Lipinski definition) is 2. The first-order chi connectivity index (χ1) is 13.0. The number of halogens is 1. The molecule has 0 aliphatic carbocycles. The average molecular weight is 376 g/mol. The third kappa shape index (κ3) is 4.64. The van der Waals surface area contributed by atoms with Crippen molar-refractivity contribution in [2.45, 2.75) is 13.0 Å². The highest BCUT2D eigenvalue weighted by molar-refractivity contribution is 5.95. The molecule has 3 rings (SSSR count). The topological polar surface area (TPSA) is 73.9 Å². The highest BCUT2D eigenvalue weighted by atomic mass is 19.1. The van der Waals surface area contributed by atoms with Gasteiger partial charge >= 0.3 is 12.0 Å². The van der Waals surface area contributed by atoms with E-state index in [1.54, 1.807) is 19.1 Å². The van der Waals surface area contributed by atoms with Gasteiger partial charge in [-0.25, -0.2) is 14.0 Å². The predicted octanol–water partition coefficient (Wildman–Crippen LogP) is 1.24. The molecule has 2 aliphatic heterocycles. The smallest absolute Gasteiger partial charge is 0.338 e. The van der Waals surface area contributed by atoms with E-state index in [2.05, 4.69) is 27.5 Å². The summed E-state index contributed by atoms with van der Waals surface area (Å²) in [5.74, 6) is -0.938. The number of nitrogens with one attached hydrogen (secondary N) is 2. The number of nitrogens with zero attached hydrogens (tertiary/aromatic N) is 2. The number of likely N-dealkylation sites (N-methyl/N-ethyl adjacent to an activating group) is 1. The molecule has 2 aliphatic rings. The number of amides is 2. The standard InChI is InChI=1S/C19H25FN4O3/c1-3-27-18(25)16-15(12-24-9-7-23(2)8-10-24)21-19(26)22-17(16)13-5-4-6-14(20)11-13/h4-6,11,17H,3,7-10,12H2,1-2H3,(H2,21,22,26). The van der Waals surface area contributed by atoms with E-state index < -0.39 is 23.9 Å². The number of piperazine rings is 1. The maximum atomic E-state index is 13.7. The van der Waals surface area contributed by atoms with Crippen LogP contribution in [0.4, 0.5) is 9.18 Å². The van der Waals surface area contributed by atoms with Crippen molar-refractivity contribution in [3.05, 3.63) is 46.9 Å². The van der Waals surface area contributed by atoms with Crippen LogP contribution < -0.4 is 10.6 Å². The first-order valence-electron chi connectivity index (χ1n) is 9.12. The Labute approximate surface area is 158 Å². The lowest BCUT2D eigenvalue weighted by Gasteiger charge is -2.35. The molecule has 0 radical (unpaired) electrons. The summed E-state index contributed by atoms with van der Waals surface area (Å²) in [7, 11) is 2.06. The van der Waals surface area contributed by atoms with Crippen LogP contribution in [-0.4, -0.2) is 68.2 Å². The van der Waals surface area contributed by atoms with Gasteiger partial charge in [-0.05, 0) is 31.7 Å². The summed E-state index contributed by atoms with van der Waals surface area (Å²) in [5.41, 5.74) is 1.33. The molecule has 0 saturated carbocycles. The summed E-state index contributed by atoms with van der Waals surface area (Å²) in [6.07, 6.45) is 0. The van der Waals surface area contributed by atoms with E-state index in [0.717, 1.165) is 26.2 Å². The zero-order valence-electron chi connectivity index (χ0n) is 15.6. The lowest BCUT2D eigenvalue weighted by atomic mass is 9.95. The van der Waals surface area contributed by atoms with Crippen molar-refractivity contribution in [2.24, 2.45) is 0 Å². The van der Waals surface area contributed by atoms with Crippen molar-refractivity contribution in [3.63, 3.8) is 0 Å². The Kier molecular flexibility index (Phi) is 6.08. The molecule has 1 fully saturated rings. The third-order valence-electron chi connectivity index (χ3n) is 4.81. The summed E-state index contributed by atoms with van der Waals surface area (Å²) in [6.45, 7) is 5.89. The first-order valence-corrected chi connectivity index (χ1v) is 9.12. The zero-order valence-corrected chi connectivity index (χ0v) is 15.6. The van der Waals surface area contributed by atoms with E-state index in [-0.39, 0.29) is 6.61 Å². The van der Waals surface area contributed by atoms with Gasteiger partial charge in [-0.2, -0.15) is 0 Å². The lowest BCUT2D eigenvalue weighted by molar-refractivity contribution is -0.139. The van der Waals surface area contributed by atoms with Crippen LogP contribution in [0, 0.1) is 5.82 Å². The van der Waals surface area contributed by atoms with Crippen molar-refractivity contribution in [2.75, 3.05) is 46.4 Å². The average Bonchev–Trinajstić information content (AvgIpc) is 2.63. The molecule has 2 N–H and O–H groups in total. The molecule has 2 amide bonds. The van der Waals surface area contributed by atoms with Crippen LogP contribution in [0.1, 0.15) is 18.5 Å². The molecule has 1 aromatic carbocycles. The Morgan fingerprint density at radius 3 is 2.70 bits per heavy atom. The number of esters is 1. The second-order valence-electron chi connectivity index (χ2n) is 6.78. The largest absolute Gasteiger partial charge is 0.463 e. The van der Waals surface area contributed by atoms with Crippen molar-refractivity contribution in [1.82, 2.24) is 20.4 Å². The fourth-order valence-electron chi connectivity index (χ4n) is 3.36. The van der Waals surface area contributed by atoms with Gasteiger partial charge in [-0.1, -0.05) is 12.1 Å². The monoisotopic (exact) mass is 376 g/mol. The number of rotatable bonds is 5. The molecule has 8 heteroatoms. The fraction of sp³-hybridized carbons (Fsp3) is 0.474. The molecule has 0 aromatic heterocycles. The molecule has 0 bridgehead atoms. The van der Waals surface area contributed by atoms with E-state index >= 15 is 0 Å². The molecule has 146 valence electrons. The van der Waals surface area contributed by atoms with Crippen LogP contribution in [0.5, 0.6) is 0 Å². The zero-order chi connectivity index (χ0) is 19.4. The Morgan fingerprint density at radius 2 is 2.04 bits per heavy atom. The van der Waals surface area contributed by atoms with Gasteiger partial charge in [0.05, 0.1) is 18.2 Å². The first kappa shape index (κ1) is 19.3. The number of urea groups is 1. The maximum absolute atomic E-state index is 13.7.